The SMILES string of the molecule is Cc1sc(Br)cc1S(=O)(=O)N(C)Cc1ccoc1. The maximum atomic E-state index is 12.4. The number of nitrogens with zero attached hydrogens (tertiary/aromatic N) is 1. The van der Waals surface area contributed by atoms with Gasteiger partial charge in [-0.2, -0.15) is 4.31 Å². The Labute approximate surface area is 118 Å². The minimum Gasteiger partial charge on any atom is -0.472 e. The van der Waals surface area contributed by atoms with Gasteiger partial charge in [0, 0.05) is 24.0 Å². The van der Waals surface area contributed by atoms with Gasteiger partial charge in [-0.1, -0.05) is 0 Å². The summed E-state index contributed by atoms with van der Waals surface area (Å²) in [5.74, 6) is 0. The number of aryl methyl sites for hydroxylation is 1. The summed E-state index contributed by atoms with van der Waals surface area (Å²) in [5.41, 5.74) is 0.827. The molecular formula is C11H12BrNO3S2. The number of furan rings is 1. The van der Waals surface area contributed by atoms with Crippen LogP contribution in [0.4, 0.5) is 0 Å². The zero-order valence-electron chi connectivity index (χ0n) is 9.88. The van der Waals surface area contributed by atoms with Gasteiger partial charge in [-0.25, -0.2) is 8.42 Å². The molecule has 0 saturated heterocycles. The predicted octanol–water partition coefficient (Wildman–Crippen LogP) is 3.23. The fourth-order valence-corrected chi connectivity index (χ4v) is 5.12. The monoisotopic (exact) mass is 349 g/mol. The Morgan fingerprint density at radius 3 is 2.72 bits per heavy atom. The first-order valence-electron chi connectivity index (χ1n) is 5.14. The van der Waals surface area contributed by atoms with E-state index in [4.69, 9.17) is 4.42 Å². The minimum absolute atomic E-state index is 0.297. The fraction of sp³-hybridized carbons (Fsp3) is 0.273. The van der Waals surface area contributed by atoms with Crippen LogP contribution >= 0.6 is 27.3 Å². The van der Waals surface area contributed by atoms with Crippen LogP contribution in [-0.2, 0) is 16.6 Å². The standard InChI is InChI=1S/C11H12BrNO3S2/c1-8-10(5-11(12)17-8)18(14,15)13(2)6-9-3-4-16-7-9/h3-5,7H,6H2,1-2H3. The third kappa shape index (κ3) is 2.69. The van der Waals surface area contributed by atoms with Crippen molar-refractivity contribution < 1.29 is 12.8 Å². The van der Waals surface area contributed by atoms with Crippen molar-refractivity contribution in [3.63, 3.8) is 0 Å². The molecule has 0 fully saturated rings. The van der Waals surface area contributed by atoms with Crippen molar-refractivity contribution in [2.45, 2.75) is 18.4 Å². The number of hydrogen-bond donors (Lipinski definition) is 0. The Kier molecular flexibility index (Phi) is 3.96. The van der Waals surface area contributed by atoms with Gasteiger partial charge < -0.3 is 4.42 Å². The van der Waals surface area contributed by atoms with Gasteiger partial charge in [-0.05, 0) is 35.0 Å². The Hall–Kier alpha value is -0.630. The van der Waals surface area contributed by atoms with Crippen molar-refractivity contribution in [3.05, 3.63) is 38.9 Å². The molecular weight excluding hydrogens is 338 g/mol. The molecule has 0 amide bonds. The highest BCUT2D eigenvalue weighted by atomic mass is 79.9. The van der Waals surface area contributed by atoms with Crippen LogP contribution in [0.25, 0.3) is 0 Å². The van der Waals surface area contributed by atoms with E-state index in [1.54, 1.807) is 32.4 Å². The highest BCUT2D eigenvalue weighted by molar-refractivity contribution is 9.11. The molecule has 18 heavy (non-hydrogen) atoms. The third-order valence-corrected chi connectivity index (χ3v) is 6.13. The largest absolute Gasteiger partial charge is 0.472 e. The van der Waals surface area contributed by atoms with Crippen molar-refractivity contribution in [2.24, 2.45) is 0 Å². The molecule has 0 spiro atoms. The van der Waals surface area contributed by atoms with Gasteiger partial charge in [0.05, 0.1) is 21.2 Å². The molecule has 0 aliphatic carbocycles. The van der Waals surface area contributed by atoms with Crippen molar-refractivity contribution >= 4 is 37.3 Å². The van der Waals surface area contributed by atoms with Crippen LogP contribution in [0.1, 0.15) is 10.4 Å². The fourth-order valence-electron chi connectivity index (χ4n) is 1.58. The number of sulfonamides is 1. The van der Waals surface area contributed by atoms with Crippen molar-refractivity contribution in [3.8, 4) is 0 Å². The second kappa shape index (κ2) is 5.16. The first-order chi connectivity index (χ1) is 8.41. The molecule has 0 atom stereocenters. The molecule has 2 rings (SSSR count). The normalized spacial score (nSPS) is 12.2. The highest BCUT2D eigenvalue weighted by Gasteiger charge is 2.24. The maximum absolute atomic E-state index is 12.4. The van der Waals surface area contributed by atoms with E-state index >= 15 is 0 Å². The molecule has 4 nitrogen and oxygen atoms in total. The average Bonchev–Trinajstić information content (AvgIpc) is 2.88. The average molecular weight is 350 g/mol. The van der Waals surface area contributed by atoms with Crippen LogP contribution in [0.15, 0.2) is 37.8 Å². The number of thiophene rings is 1. The summed E-state index contributed by atoms with van der Waals surface area (Å²) in [6, 6.07) is 3.39. The zero-order chi connectivity index (χ0) is 13.3. The van der Waals surface area contributed by atoms with E-state index in [1.165, 1.54) is 21.9 Å². The maximum Gasteiger partial charge on any atom is 0.244 e. The summed E-state index contributed by atoms with van der Waals surface area (Å²) >= 11 is 4.72. The van der Waals surface area contributed by atoms with E-state index < -0.39 is 10.0 Å². The third-order valence-electron chi connectivity index (χ3n) is 2.52. The highest BCUT2D eigenvalue weighted by Crippen LogP contribution is 2.31. The summed E-state index contributed by atoms with van der Waals surface area (Å²) in [7, 11) is -1.89. The topological polar surface area (TPSA) is 50.5 Å². The summed E-state index contributed by atoms with van der Waals surface area (Å²) in [5, 5.41) is 0. The second-order valence-corrected chi connectivity index (χ2v) is 8.51. The van der Waals surface area contributed by atoms with E-state index in [2.05, 4.69) is 15.9 Å². The van der Waals surface area contributed by atoms with Crippen LogP contribution in [0.2, 0.25) is 0 Å². The Morgan fingerprint density at radius 2 is 2.22 bits per heavy atom. The Bertz CT molecular complexity index is 631. The van der Waals surface area contributed by atoms with Crippen LogP contribution in [-0.4, -0.2) is 19.8 Å². The molecule has 0 aliphatic heterocycles. The molecule has 0 bridgehead atoms. The van der Waals surface area contributed by atoms with Crippen LogP contribution in [0.3, 0.4) is 0 Å². The first kappa shape index (κ1) is 13.8. The lowest BCUT2D eigenvalue weighted by Gasteiger charge is -2.15. The molecule has 0 aliphatic rings. The summed E-state index contributed by atoms with van der Waals surface area (Å²) in [6.45, 7) is 2.10. The lowest BCUT2D eigenvalue weighted by Crippen LogP contribution is -2.26. The van der Waals surface area contributed by atoms with Gasteiger partial charge in [0.1, 0.15) is 0 Å². The van der Waals surface area contributed by atoms with Gasteiger partial charge in [-0.3, -0.25) is 0 Å². The molecule has 0 saturated carbocycles. The van der Waals surface area contributed by atoms with Crippen LogP contribution in [0.5, 0.6) is 0 Å². The smallest absolute Gasteiger partial charge is 0.244 e. The molecule has 2 aromatic rings. The quantitative estimate of drug-likeness (QED) is 0.851. The zero-order valence-corrected chi connectivity index (χ0v) is 13.1. The first-order valence-corrected chi connectivity index (χ1v) is 8.19. The minimum atomic E-state index is -3.45. The molecule has 0 N–H and O–H groups in total. The van der Waals surface area contributed by atoms with Gasteiger partial charge in [0.25, 0.3) is 0 Å². The molecule has 0 unspecified atom stereocenters. The Morgan fingerprint density at radius 1 is 1.50 bits per heavy atom. The van der Waals surface area contributed by atoms with E-state index in [9.17, 15) is 8.42 Å². The van der Waals surface area contributed by atoms with Gasteiger partial charge in [0.15, 0.2) is 0 Å². The summed E-state index contributed by atoms with van der Waals surface area (Å²) in [6.07, 6.45) is 3.07. The van der Waals surface area contributed by atoms with Crippen molar-refractivity contribution in [1.29, 1.82) is 0 Å². The van der Waals surface area contributed by atoms with E-state index in [-0.39, 0.29) is 0 Å². The summed E-state index contributed by atoms with van der Waals surface area (Å²) in [4.78, 5) is 1.13. The van der Waals surface area contributed by atoms with Gasteiger partial charge in [0.2, 0.25) is 10.0 Å². The molecule has 0 aromatic carbocycles. The molecule has 7 heteroatoms. The van der Waals surface area contributed by atoms with E-state index in [0.29, 0.717) is 11.4 Å². The van der Waals surface area contributed by atoms with E-state index in [0.717, 1.165) is 14.2 Å². The van der Waals surface area contributed by atoms with Crippen molar-refractivity contribution in [2.75, 3.05) is 7.05 Å². The second-order valence-electron chi connectivity index (χ2n) is 3.86. The lowest BCUT2D eigenvalue weighted by atomic mass is 10.3. The van der Waals surface area contributed by atoms with Crippen LogP contribution < -0.4 is 0 Å². The Balaban J connectivity index is 2.28. The van der Waals surface area contributed by atoms with Crippen molar-refractivity contribution in [1.82, 2.24) is 4.31 Å². The van der Waals surface area contributed by atoms with Crippen LogP contribution in [0, 0.1) is 6.92 Å². The van der Waals surface area contributed by atoms with E-state index in [1.807, 2.05) is 0 Å². The predicted molar refractivity (Wildman–Crippen MR) is 74.1 cm³/mol. The van der Waals surface area contributed by atoms with Gasteiger partial charge >= 0.3 is 0 Å². The molecule has 98 valence electrons. The van der Waals surface area contributed by atoms with Gasteiger partial charge in [-0.15, -0.1) is 11.3 Å². The molecule has 0 radical (unpaired) electrons. The lowest BCUT2D eigenvalue weighted by molar-refractivity contribution is 0.463. The summed E-state index contributed by atoms with van der Waals surface area (Å²) < 4.78 is 31.8. The number of hydrogen-bond acceptors (Lipinski definition) is 4. The molecule has 2 heterocycles. The number of halogens is 1. The molecule has 2 aromatic heterocycles. The number of rotatable bonds is 4.